The molecule has 0 spiro atoms. The van der Waals surface area contributed by atoms with E-state index in [1.54, 1.807) is 0 Å². The van der Waals surface area contributed by atoms with E-state index in [4.69, 9.17) is 11.6 Å². The molecule has 2 rings (SSSR count). The molecule has 1 atom stereocenters. The summed E-state index contributed by atoms with van der Waals surface area (Å²) in [6, 6.07) is 7.95. The summed E-state index contributed by atoms with van der Waals surface area (Å²) in [5, 5.41) is 10.6. The zero-order valence-electron chi connectivity index (χ0n) is 10.5. The van der Waals surface area contributed by atoms with Crippen LogP contribution in [0, 0.1) is 0 Å². The first-order valence-electron chi connectivity index (χ1n) is 6.15. The Morgan fingerprint density at radius 1 is 1.47 bits per heavy atom. The molecule has 0 radical (unpaired) electrons. The molecule has 1 N–H and O–H groups in total. The zero-order valence-corrected chi connectivity index (χ0v) is 11.2. The third kappa shape index (κ3) is 3.21. The number of aliphatic hydroxyl groups excluding tert-OH is 1. The minimum absolute atomic E-state index is 0.154. The summed E-state index contributed by atoms with van der Waals surface area (Å²) in [7, 11) is 0. The maximum Gasteiger partial charge on any atom is 0.0668 e. The predicted molar refractivity (Wildman–Crippen MR) is 71.2 cm³/mol. The van der Waals surface area contributed by atoms with Gasteiger partial charge >= 0.3 is 0 Å². The summed E-state index contributed by atoms with van der Waals surface area (Å²) in [4.78, 5) is 2.34. The van der Waals surface area contributed by atoms with Crippen LogP contribution in [0.1, 0.15) is 32.3 Å². The fourth-order valence-corrected chi connectivity index (χ4v) is 2.62. The van der Waals surface area contributed by atoms with Crippen LogP contribution in [0.2, 0.25) is 5.02 Å². The van der Waals surface area contributed by atoms with Crippen molar-refractivity contribution in [2.45, 2.75) is 44.9 Å². The topological polar surface area (TPSA) is 23.5 Å². The number of rotatable bonds is 2. The van der Waals surface area contributed by atoms with Crippen LogP contribution in [0.25, 0.3) is 0 Å². The lowest BCUT2D eigenvalue weighted by Crippen LogP contribution is -2.51. The Balaban J connectivity index is 2.11. The monoisotopic (exact) mass is 253 g/mol. The van der Waals surface area contributed by atoms with Crippen LogP contribution in [0.4, 0.5) is 0 Å². The SMILES string of the molecule is CC1(C)CCC(O)CN1Cc1cccc(Cl)c1. The van der Waals surface area contributed by atoms with E-state index in [0.717, 1.165) is 31.0 Å². The van der Waals surface area contributed by atoms with Gasteiger partial charge in [-0.15, -0.1) is 0 Å². The van der Waals surface area contributed by atoms with Gasteiger partial charge in [0.15, 0.2) is 0 Å². The number of aliphatic hydroxyl groups is 1. The van der Waals surface area contributed by atoms with Crippen molar-refractivity contribution < 1.29 is 5.11 Å². The van der Waals surface area contributed by atoms with Crippen molar-refractivity contribution in [1.29, 1.82) is 0 Å². The first kappa shape index (κ1) is 12.9. The molecule has 0 aliphatic carbocycles. The number of halogens is 1. The molecular formula is C14H20ClNO. The summed E-state index contributed by atoms with van der Waals surface area (Å²) in [6.45, 7) is 6.08. The summed E-state index contributed by atoms with van der Waals surface area (Å²) >= 11 is 5.99. The van der Waals surface area contributed by atoms with Crippen LogP contribution < -0.4 is 0 Å². The average Bonchev–Trinajstić information content (AvgIpc) is 2.24. The molecule has 1 unspecified atom stereocenters. The van der Waals surface area contributed by atoms with Crippen molar-refractivity contribution in [2.75, 3.05) is 6.54 Å². The lowest BCUT2D eigenvalue weighted by Gasteiger charge is -2.44. The highest BCUT2D eigenvalue weighted by Gasteiger charge is 2.33. The molecule has 0 saturated carbocycles. The predicted octanol–water partition coefficient (Wildman–Crippen LogP) is 3.08. The van der Waals surface area contributed by atoms with Gasteiger partial charge in [0.25, 0.3) is 0 Å². The van der Waals surface area contributed by atoms with Crippen molar-refractivity contribution in [2.24, 2.45) is 0 Å². The molecule has 1 aliphatic rings. The highest BCUT2D eigenvalue weighted by molar-refractivity contribution is 6.30. The van der Waals surface area contributed by atoms with Crippen molar-refractivity contribution in [3.63, 3.8) is 0 Å². The molecule has 2 nitrogen and oxygen atoms in total. The normalized spacial score (nSPS) is 24.8. The van der Waals surface area contributed by atoms with Gasteiger partial charge in [-0.1, -0.05) is 23.7 Å². The number of nitrogens with zero attached hydrogens (tertiary/aromatic N) is 1. The van der Waals surface area contributed by atoms with Gasteiger partial charge in [0, 0.05) is 23.7 Å². The fourth-order valence-electron chi connectivity index (χ4n) is 2.41. The Morgan fingerprint density at radius 3 is 2.94 bits per heavy atom. The molecule has 0 aromatic heterocycles. The minimum Gasteiger partial charge on any atom is -0.392 e. The molecule has 17 heavy (non-hydrogen) atoms. The van der Waals surface area contributed by atoms with Crippen molar-refractivity contribution in [3.05, 3.63) is 34.9 Å². The lowest BCUT2D eigenvalue weighted by atomic mass is 9.88. The number of likely N-dealkylation sites (tertiary alicyclic amines) is 1. The first-order chi connectivity index (χ1) is 7.97. The molecule has 1 aromatic carbocycles. The first-order valence-corrected chi connectivity index (χ1v) is 6.53. The van der Waals surface area contributed by atoms with E-state index in [1.165, 1.54) is 5.56 Å². The molecule has 1 fully saturated rings. The highest BCUT2D eigenvalue weighted by atomic mass is 35.5. The Morgan fingerprint density at radius 2 is 2.24 bits per heavy atom. The van der Waals surface area contributed by atoms with Crippen LogP contribution in [-0.4, -0.2) is 28.2 Å². The average molecular weight is 254 g/mol. The van der Waals surface area contributed by atoms with Gasteiger partial charge in [0.1, 0.15) is 0 Å². The van der Waals surface area contributed by atoms with Crippen LogP contribution in [-0.2, 0) is 6.54 Å². The number of benzene rings is 1. The van der Waals surface area contributed by atoms with Gasteiger partial charge in [-0.3, -0.25) is 4.90 Å². The van der Waals surface area contributed by atoms with E-state index in [-0.39, 0.29) is 11.6 Å². The second-order valence-corrected chi connectivity index (χ2v) is 5.95. The molecule has 94 valence electrons. The van der Waals surface area contributed by atoms with E-state index >= 15 is 0 Å². The van der Waals surface area contributed by atoms with Gasteiger partial charge in [-0.05, 0) is 44.4 Å². The molecule has 3 heteroatoms. The van der Waals surface area contributed by atoms with Crippen molar-refractivity contribution >= 4 is 11.6 Å². The minimum atomic E-state index is -0.192. The third-order valence-electron chi connectivity index (χ3n) is 3.64. The summed E-state index contributed by atoms with van der Waals surface area (Å²) in [6.07, 6.45) is 1.75. The standard InChI is InChI=1S/C14H20ClNO/c1-14(2)7-6-13(17)10-16(14)9-11-4-3-5-12(15)8-11/h3-5,8,13,17H,6-7,9-10H2,1-2H3. The van der Waals surface area contributed by atoms with E-state index in [0.29, 0.717) is 0 Å². The second-order valence-electron chi connectivity index (χ2n) is 5.52. The second kappa shape index (κ2) is 4.97. The van der Waals surface area contributed by atoms with E-state index in [1.807, 2.05) is 18.2 Å². The number of piperidine rings is 1. The summed E-state index contributed by atoms with van der Waals surface area (Å²) in [5.74, 6) is 0. The molecule has 1 aromatic rings. The molecule has 0 amide bonds. The number of hydrogen-bond acceptors (Lipinski definition) is 2. The highest BCUT2D eigenvalue weighted by Crippen LogP contribution is 2.29. The lowest BCUT2D eigenvalue weighted by molar-refractivity contribution is -0.00959. The molecule has 1 aliphatic heterocycles. The van der Waals surface area contributed by atoms with Gasteiger partial charge < -0.3 is 5.11 Å². The number of hydrogen-bond donors (Lipinski definition) is 1. The third-order valence-corrected chi connectivity index (χ3v) is 3.87. The maximum atomic E-state index is 9.78. The molecule has 1 heterocycles. The molecule has 0 bridgehead atoms. The molecular weight excluding hydrogens is 234 g/mol. The Hall–Kier alpha value is -0.570. The van der Waals surface area contributed by atoms with Crippen molar-refractivity contribution in [1.82, 2.24) is 4.90 Å². The van der Waals surface area contributed by atoms with Gasteiger partial charge in [0.2, 0.25) is 0 Å². The Bertz CT molecular complexity index is 392. The summed E-state index contributed by atoms with van der Waals surface area (Å²) < 4.78 is 0. The van der Waals surface area contributed by atoms with E-state index in [2.05, 4.69) is 24.8 Å². The van der Waals surface area contributed by atoms with Crippen LogP contribution in [0.15, 0.2) is 24.3 Å². The van der Waals surface area contributed by atoms with E-state index < -0.39 is 0 Å². The smallest absolute Gasteiger partial charge is 0.0668 e. The molecule has 1 saturated heterocycles. The van der Waals surface area contributed by atoms with E-state index in [9.17, 15) is 5.11 Å². The van der Waals surface area contributed by atoms with Crippen LogP contribution in [0.3, 0.4) is 0 Å². The zero-order chi connectivity index (χ0) is 12.5. The fraction of sp³-hybridized carbons (Fsp3) is 0.571. The summed E-state index contributed by atoms with van der Waals surface area (Å²) in [5.41, 5.74) is 1.36. The largest absolute Gasteiger partial charge is 0.392 e. The van der Waals surface area contributed by atoms with Gasteiger partial charge in [-0.25, -0.2) is 0 Å². The van der Waals surface area contributed by atoms with Gasteiger partial charge in [0.05, 0.1) is 6.10 Å². The van der Waals surface area contributed by atoms with Crippen LogP contribution >= 0.6 is 11.6 Å². The van der Waals surface area contributed by atoms with Gasteiger partial charge in [-0.2, -0.15) is 0 Å². The van der Waals surface area contributed by atoms with Crippen molar-refractivity contribution in [3.8, 4) is 0 Å². The number of β-amino-alcohol motifs (C(OH)–C–C–N with tert-alkyl or cyclic N) is 1. The maximum absolute atomic E-state index is 9.78. The Kier molecular flexibility index (Phi) is 3.76. The van der Waals surface area contributed by atoms with Crippen LogP contribution in [0.5, 0.6) is 0 Å². The quantitative estimate of drug-likeness (QED) is 0.876. The Labute approximate surface area is 108 Å².